The molecule has 0 aromatic carbocycles. The minimum absolute atomic E-state index is 0.341. The van der Waals surface area contributed by atoms with Gasteiger partial charge in [0.1, 0.15) is 0 Å². The van der Waals surface area contributed by atoms with Gasteiger partial charge in [-0.05, 0) is 65.1 Å². The molecule has 2 rings (SSSR count). The Bertz CT molecular complexity index is 419. The molecular formula is C16H33N3O2S. The molecule has 0 unspecified atom stereocenters. The fraction of sp³-hybridized carbons (Fsp3) is 1.00. The van der Waals surface area contributed by atoms with Crippen LogP contribution in [0.5, 0.6) is 0 Å². The third kappa shape index (κ3) is 5.80. The zero-order chi connectivity index (χ0) is 16.0. The molecule has 0 saturated carbocycles. The van der Waals surface area contributed by atoms with E-state index in [4.69, 9.17) is 0 Å². The number of hydrogen-bond donors (Lipinski definition) is 1. The van der Waals surface area contributed by atoms with Gasteiger partial charge in [0.05, 0.1) is 5.25 Å². The molecule has 2 aliphatic heterocycles. The van der Waals surface area contributed by atoms with Crippen molar-refractivity contribution in [3.8, 4) is 0 Å². The summed E-state index contributed by atoms with van der Waals surface area (Å²) in [5, 5.41) is -0.341. The number of sulfonamides is 1. The highest BCUT2D eigenvalue weighted by atomic mass is 32.2. The van der Waals surface area contributed by atoms with E-state index in [1.54, 1.807) is 13.8 Å². The number of rotatable bonds is 7. The Balaban J connectivity index is 1.69. The Morgan fingerprint density at radius 3 is 2.32 bits per heavy atom. The van der Waals surface area contributed by atoms with E-state index in [2.05, 4.69) is 14.5 Å². The van der Waals surface area contributed by atoms with Gasteiger partial charge in [0.15, 0.2) is 0 Å². The summed E-state index contributed by atoms with van der Waals surface area (Å²) in [7, 11) is -3.12. The van der Waals surface area contributed by atoms with Crippen molar-refractivity contribution in [2.24, 2.45) is 5.92 Å². The van der Waals surface area contributed by atoms with E-state index < -0.39 is 10.0 Å². The first kappa shape index (κ1) is 18.2. The molecule has 2 heterocycles. The average Bonchev–Trinajstić information content (AvgIpc) is 2.52. The second-order valence-corrected chi connectivity index (χ2v) is 9.47. The van der Waals surface area contributed by atoms with Crippen LogP contribution in [0.3, 0.4) is 0 Å². The highest BCUT2D eigenvalue weighted by Gasteiger charge is 2.23. The van der Waals surface area contributed by atoms with Gasteiger partial charge >= 0.3 is 0 Å². The third-order valence-electron chi connectivity index (χ3n) is 4.98. The molecule has 2 aliphatic rings. The minimum atomic E-state index is -3.12. The van der Waals surface area contributed by atoms with Crippen LogP contribution in [-0.4, -0.2) is 69.3 Å². The summed E-state index contributed by atoms with van der Waals surface area (Å²) >= 11 is 0. The van der Waals surface area contributed by atoms with Gasteiger partial charge in [-0.3, -0.25) is 0 Å². The molecular weight excluding hydrogens is 298 g/mol. The first-order valence-electron chi connectivity index (χ1n) is 8.90. The number of nitrogens with zero attached hydrogens (tertiary/aromatic N) is 2. The quantitative estimate of drug-likeness (QED) is 0.768. The van der Waals surface area contributed by atoms with Crippen molar-refractivity contribution in [1.29, 1.82) is 0 Å². The van der Waals surface area contributed by atoms with Crippen LogP contribution in [0.15, 0.2) is 0 Å². The lowest BCUT2D eigenvalue weighted by Crippen LogP contribution is -2.45. The summed E-state index contributed by atoms with van der Waals surface area (Å²) in [6, 6.07) is 0. The fourth-order valence-corrected chi connectivity index (χ4v) is 4.19. The number of nitrogens with one attached hydrogen (secondary N) is 1. The molecule has 0 aliphatic carbocycles. The molecule has 0 spiro atoms. The van der Waals surface area contributed by atoms with Crippen LogP contribution in [0.25, 0.3) is 0 Å². The second-order valence-electron chi connectivity index (χ2n) is 7.15. The van der Waals surface area contributed by atoms with Gasteiger partial charge in [0.2, 0.25) is 10.0 Å². The average molecular weight is 332 g/mol. The Morgan fingerprint density at radius 2 is 1.64 bits per heavy atom. The van der Waals surface area contributed by atoms with Gasteiger partial charge in [-0.25, -0.2) is 13.1 Å². The predicted octanol–water partition coefficient (Wildman–Crippen LogP) is 1.51. The van der Waals surface area contributed by atoms with Crippen molar-refractivity contribution >= 4 is 10.0 Å². The lowest BCUT2D eigenvalue weighted by atomic mass is 9.98. The number of hydrogen-bond acceptors (Lipinski definition) is 4. The summed E-state index contributed by atoms with van der Waals surface area (Å²) in [5.41, 5.74) is 0. The van der Waals surface area contributed by atoms with Gasteiger partial charge < -0.3 is 9.80 Å². The maximum Gasteiger partial charge on any atom is 0.213 e. The number of piperidine rings is 2. The van der Waals surface area contributed by atoms with Crippen molar-refractivity contribution in [1.82, 2.24) is 14.5 Å². The van der Waals surface area contributed by atoms with Crippen molar-refractivity contribution < 1.29 is 8.42 Å². The van der Waals surface area contributed by atoms with Crippen molar-refractivity contribution in [3.05, 3.63) is 0 Å². The van der Waals surface area contributed by atoms with Crippen LogP contribution in [0.4, 0.5) is 0 Å². The molecule has 22 heavy (non-hydrogen) atoms. The summed E-state index contributed by atoms with van der Waals surface area (Å²) in [4.78, 5) is 5.10. The molecule has 2 saturated heterocycles. The third-order valence-corrected chi connectivity index (χ3v) is 6.79. The molecule has 0 aromatic heterocycles. The highest BCUT2D eigenvalue weighted by Crippen LogP contribution is 2.17. The highest BCUT2D eigenvalue weighted by molar-refractivity contribution is 7.90. The van der Waals surface area contributed by atoms with Gasteiger partial charge in [-0.15, -0.1) is 0 Å². The zero-order valence-electron chi connectivity index (χ0n) is 14.3. The fourth-order valence-electron chi connectivity index (χ4n) is 3.39. The predicted molar refractivity (Wildman–Crippen MR) is 91.5 cm³/mol. The van der Waals surface area contributed by atoms with Crippen molar-refractivity contribution in [2.45, 2.75) is 51.2 Å². The summed E-state index contributed by atoms with van der Waals surface area (Å²) < 4.78 is 26.5. The summed E-state index contributed by atoms with van der Waals surface area (Å²) in [6.45, 7) is 11.1. The molecule has 0 radical (unpaired) electrons. The van der Waals surface area contributed by atoms with E-state index in [0.717, 1.165) is 19.5 Å². The lowest BCUT2D eigenvalue weighted by molar-refractivity contribution is 0.140. The molecule has 130 valence electrons. The first-order valence-corrected chi connectivity index (χ1v) is 10.4. The van der Waals surface area contributed by atoms with E-state index in [9.17, 15) is 8.42 Å². The van der Waals surface area contributed by atoms with E-state index >= 15 is 0 Å². The molecule has 0 aromatic rings. The molecule has 6 heteroatoms. The number of likely N-dealkylation sites (tertiary alicyclic amines) is 2. The van der Waals surface area contributed by atoms with E-state index in [1.165, 1.54) is 51.9 Å². The van der Waals surface area contributed by atoms with Crippen molar-refractivity contribution in [2.75, 3.05) is 45.8 Å². The normalized spacial score (nSPS) is 25.7. The first-order chi connectivity index (χ1) is 10.5. The minimum Gasteiger partial charge on any atom is -0.302 e. The smallest absolute Gasteiger partial charge is 0.213 e. The van der Waals surface area contributed by atoms with Gasteiger partial charge in [0.25, 0.3) is 0 Å². The van der Waals surface area contributed by atoms with E-state index in [1.807, 2.05) is 0 Å². The monoisotopic (exact) mass is 331 g/mol. The second kappa shape index (κ2) is 8.62. The lowest BCUT2D eigenvalue weighted by Gasteiger charge is -2.35. The van der Waals surface area contributed by atoms with Crippen LogP contribution in [-0.2, 0) is 10.0 Å². The van der Waals surface area contributed by atoms with Gasteiger partial charge in [-0.2, -0.15) is 0 Å². The standard InChI is InChI=1S/C16H33N3O2S/c1-15(2)22(20,21)17-13-16-7-6-10-19(14-16)12-11-18-8-4-3-5-9-18/h15-17H,3-14H2,1-2H3/t16-/m1/s1. The topological polar surface area (TPSA) is 52.7 Å². The maximum absolute atomic E-state index is 11.9. The summed E-state index contributed by atoms with van der Waals surface area (Å²) in [6.07, 6.45) is 6.41. The Labute approximate surface area is 136 Å². The molecule has 0 amide bonds. The van der Waals surface area contributed by atoms with Crippen LogP contribution < -0.4 is 4.72 Å². The van der Waals surface area contributed by atoms with Crippen LogP contribution in [0.1, 0.15) is 46.0 Å². The van der Waals surface area contributed by atoms with E-state index in [-0.39, 0.29) is 5.25 Å². The Kier molecular flexibility index (Phi) is 7.12. The van der Waals surface area contributed by atoms with Crippen LogP contribution in [0.2, 0.25) is 0 Å². The van der Waals surface area contributed by atoms with Crippen LogP contribution in [0, 0.1) is 5.92 Å². The molecule has 0 bridgehead atoms. The van der Waals surface area contributed by atoms with Gasteiger partial charge in [0, 0.05) is 26.2 Å². The Hall–Kier alpha value is -0.170. The van der Waals surface area contributed by atoms with Crippen LogP contribution >= 0.6 is 0 Å². The maximum atomic E-state index is 11.9. The molecule has 5 nitrogen and oxygen atoms in total. The van der Waals surface area contributed by atoms with E-state index in [0.29, 0.717) is 12.5 Å². The van der Waals surface area contributed by atoms with Crippen molar-refractivity contribution in [3.63, 3.8) is 0 Å². The molecule has 1 N–H and O–H groups in total. The largest absolute Gasteiger partial charge is 0.302 e. The molecule has 2 fully saturated rings. The van der Waals surface area contributed by atoms with Gasteiger partial charge in [-0.1, -0.05) is 6.42 Å². The molecule has 1 atom stereocenters. The SMILES string of the molecule is CC(C)S(=O)(=O)NC[C@H]1CCCN(CCN2CCCCC2)C1. The zero-order valence-corrected chi connectivity index (χ0v) is 15.1. The summed E-state index contributed by atoms with van der Waals surface area (Å²) in [5.74, 6) is 0.462. The Morgan fingerprint density at radius 1 is 1.00 bits per heavy atom.